The van der Waals surface area contributed by atoms with Gasteiger partial charge in [0, 0.05) is 29.9 Å². The lowest BCUT2D eigenvalue weighted by atomic mass is 10.1. The first-order chi connectivity index (χ1) is 10.0. The Morgan fingerprint density at radius 1 is 1.19 bits per heavy atom. The van der Waals surface area contributed by atoms with Crippen LogP contribution in [0.2, 0.25) is 5.02 Å². The maximum Gasteiger partial charge on any atom is 0.133 e. The smallest absolute Gasteiger partial charge is 0.133 e. The summed E-state index contributed by atoms with van der Waals surface area (Å²) in [7, 11) is 4.03. The van der Waals surface area contributed by atoms with Crippen LogP contribution in [0.15, 0.2) is 42.6 Å². The highest BCUT2D eigenvalue weighted by atomic mass is 35.5. The second-order valence-corrected chi connectivity index (χ2v) is 5.70. The lowest BCUT2D eigenvalue weighted by Gasteiger charge is -2.29. The van der Waals surface area contributed by atoms with Crippen LogP contribution in [0.1, 0.15) is 37.1 Å². The number of hydrogen-bond acceptors (Lipinski definition) is 3. The van der Waals surface area contributed by atoms with Gasteiger partial charge in [-0.3, -0.25) is 0 Å². The minimum atomic E-state index is 0.196. The number of rotatable bonds is 5. The third-order valence-corrected chi connectivity index (χ3v) is 4.20. The van der Waals surface area contributed by atoms with Gasteiger partial charge in [-0.2, -0.15) is 0 Å². The van der Waals surface area contributed by atoms with Crippen molar-refractivity contribution >= 4 is 17.4 Å². The Morgan fingerprint density at radius 3 is 2.62 bits per heavy atom. The van der Waals surface area contributed by atoms with E-state index in [1.807, 2.05) is 37.5 Å². The van der Waals surface area contributed by atoms with E-state index in [4.69, 9.17) is 11.6 Å². The first kappa shape index (κ1) is 15.8. The Bertz CT molecular complexity index is 600. The number of pyridine rings is 1. The van der Waals surface area contributed by atoms with Crippen molar-refractivity contribution in [3.63, 3.8) is 0 Å². The van der Waals surface area contributed by atoms with Crippen molar-refractivity contribution in [2.75, 3.05) is 19.0 Å². The molecule has 2 atom stereocenters. The summed E-state index contributed by atoms with van der Waals surface area (Å²) in [6.07, 6.45) is 1.84. The number of nitrogens with zero attached hydrogens (tertiary/aromatic N) is 2. The average Bonchev–Trinajstić information content (AvgIpc) is 2.52. The van der Waals surface area contributed by atoms with E-state index in [2.05, 4.69) is 48.2 Å². The molecule has 4 heteroatoms. The van der Waals surface area contributed by atoms with Crippen molar-refractivity contribution in [1.29, 1.82) is 0 Å². The molecule has 0 saturated heterocycles. The van der Waals surface area contributed by atoms with Gasteiger partial charge in [0.05, 0.1) is 6.04 Å². The summed E-state index contributed by atoms with van der Waals surface area (Å²) in [5.74, 6) is 0.992. The largest absolute Gasteiger partial charge is 0.353 e. The van der Waals surface area contributed by atoms with Crippen molar-refractivity contribution in [3.8, 4) is 0 Å². The molecule has 3 nitrogen and oxygen atoms in total. The van der Waals surface area contributed by atoms with Gasteiger partial charge in [-0.1, -0.05) is 29.8 Å². The third-order valence-electron chi connectivity index (χ3n) is 3.96. The van der Waals surface area contributed by atoms with E-state index in [9.17, 15) is 0 Å². The first-order valence-electron chi connectivity index (χ1n) is 7.15. The van der Waals surface area contributed by atoms with Crippen LogP contribution in [0, 0.1) is 0 Å². The molecule has 0 spiro atoms. The number of nitrogens with one attached hydrogen (secondary N) is 1. The molecule has 2 unspecified atom stereocenters. The molecule has 0 saturated carbocycles. The number of anilines is 1. The molecule has 0 aliphatic rings. The molecule has 1 aromatic carbocycles. The van der Waals surface area contributed by atoms with Crippen LogP contribution in [-0.2, 0) is 0 Å². The molecule has 0 bridgehead atoms. The van der Waals surface area contributed by atoms with Gasteiger partial charge in [-0.05, 0) is 44.7 Å². The van der Waals surface area contributed by atoms with Crippen LogP contribution in [0.4, 0.5) is 5.82 Å². The summed E-state index contributed by atoms with van der Waals surface area (Å²) < 4.78 is 0. The highest BCUT2D eigenvalue weighted by molar-refractivity contribution is 6.30. The van der Waals surface area contributed by atoms with Gasteiger partial charge < -0.3 is 10.2 Å². The molecule has 0 radical (unpaired) electrons. The molecule has 0 fully saturated rings. The van der Waals surface area contributed by atoms with Gasteiger partial charge in [-0.25, -0.2) is 4.98 Å². The Morgan fingerprint density at radius 2 is 1.95 bits per heavy atom. The zero-order valence-corrected chi connectivity index (χ0v) is 13.7. The number of benzene rings is 1. The lowest BCUT2D eigenvalue weighted by Crippen LogP contribution is -2.26. The van der Waals surface area contributed by atoms with Crippen molar-refractivity contribution in [2.45, 2.75) is 25.9 Å². The molecular weight excluding hydrogens is 282 g/mol. The summed E-state index contributed by atoms with van der Waals surface area (Å²) in [6.45, 7) is 4.30. The van der Waals surface area contributed by atoms with Crippen molar-refractivity contribution in [1.82, 2.24) is 10.3 Å². The Hall–Kier alpha value is -1.58. The molecule has 1 heterocycles. The predicted octanol–water partition coefficient (Wildman–Crippen LogP) is 4.21. The number of hydrogen-bond donors (Lipinski definition) is 1. The Balaban J connectivity index is 2.33. The van der Waals surface area contributed by atoms with Crippen molar-refractivity contribution < 1.29 is 0 Å². The zero-order chi connectivity index (χ0) is 15.4. The standard InChI is InChI=1S/C17H22ClN3/c1-12(19-3)16-9-6-10-20-17(16)21(4)13(2)14-7-5-8-15(18)11-14/h5-13,19H,1-4H3. The van der Waals surface area contributed by atoms with Gasteiger partial charge in [-0.15, -0.1) is 0 Å². The molecule has 112 valence electrons. The topological polar surface area (TPSA) is 28.2 Å². The van der Waals surface area contributed by atoms with E-state index in [1.165, 1.54) is 11.1 Å². The minimum Gasteiger partial charge on any atom is -0.353 e. The van der Waals surface area contributed by atoms with E-state index in [1.54, 1.807) is 0 Å². The lowest BCUT2D eigenvalue weighted by molar-refractivity contribution is 0.637. The van der Waals surface area contributed by atoms with Crippen LogP contribution in [0.5, 0.6) is 0 Å². The van der Waals surface area contributed by atoms with E-state index < -0.39 is 0 Å². The fourth-order valence-electron chi connectivity index (χ4n) is 2.37. The highest BCUT2D eigenvalue weighted by Crippen LogP contribution is 2.30. The second-order valence-electron chi connectivity index (χ2n) is 5.27. The molecular formula is C17H22ClN3. The molecule has 2 aromatic rings. The average molecular weight is 304 g/mol. The quantitative estimate of drug-likeness (QED) is 0.896. The first-order valence-corrected chi connectivity index (χ1v) is 7.53. The van der Waals surface area contributed by atoms with Crippen LogP contribution in [0.3, 0.4) is 0 Å². The van der Waals surface area contributed by atoms with Crippen molar-refractivity contribution in [3.05, 3.63) is 58.7 Å². The van der Waals surface area contributed by atoms with Gasteiger partial charge in [0.25, 0.3) is 0 Å². The van der Waals surface area contributed by atoms with E-state index >= 15 is 0 Å². The minimum absolute atomic E-state index is 0.196. The molecule has 0 amide bonds. The summed E-state index contributed by atoms with van der Waals surface area (Å²) in [4.78, 5) is 6.76. The monoisotopic (exact) mass is 303 g/mol. The predicted molar refractivity (Wildman–Crippen MR) is 90.0 cm³/mol. The Kier molecular flexibility index (Phi) is 5.21. The maximum absolute atomic E-state index is 6.10. The van der Waals surface area contributed by atoms with E-state index in [-0.39, 0.29) is 12.1 Å². The van der Waals surface area contributed by atoms with Gasteiger partial charge in [0.15, 0.2) is 0 Å². The molecule has 21 heavy (non-hydrogen) atoms. The third kappa shape index (κ3) is 3.55. The summed E-state index contributed by atoms with van der Waals surface area (Å²) in [6, 6.07) is 12.5. The van der Waals surface area contributed by atoms with Crippen LogP contribution >= 0.6 is 11.6 Å². The van der Waals surface area contributed by atoms with Crippen LogP contribution < -0.4 is 10.2 Å². The van der Waals surface area contributed by atoms with Gasteiger partial charge in [0.2, 0.25) is 0 Å². The molecule has 0 aliphatic carbocycles. The molecule has 0 aliphatic heterocycles. The second kappa shape index (κ2) is 6.92. The molecule has 1 N–H and O–H groups in total. The summed E-state index contributed by atoms with van der Waals surface area (Å²) >= 11 is 6.10. The van der Waals surface area contributed by atoms with E-state index in [0.29, 0.717) is 0 Å². The van der Waals surface area contributed by atoms with Crippen molar-refractivity contribution in [2.24, 2.45) is 0 Å². The molecule has 2 rings (SSSR count). The maximum atomic E-state index is 6.10. The van der Waals surface area contributed by atoms with Gasteiger partial charge in [0.1, 0.15) is 5.82 Å². The highest BCUT2D eigenvalue weighted by Gasteiger charge is 2.18. The van der Waals surface area contributed by atoms with E-state index in [0.717, 1.165) is 10.8 Å². The number of aromatic nitrogens is 1. The van der Waals surface area contributed by atoms with Gasteiger partial charge >= 0.3 is 0 Å². The fraction of sp³-hybridized carbons (Fsp3) is 0.353. The summed E-state index contributed by atoms with van der Waals surface area (Å²) in [5.41, 5.74) is 2.37. The van der Waals surface area contributed by atoms with Crippen LogP contribution in [-0.4, -0.2) is 19.1 Å². The number of halogens is 1. The van der Waals surface area contributed by atoms with Crippen LogP contribution in [0.25, 0.3) is 0 Å². The molecule has 1 aromatic heterocycles. The fourth-order valence-corrected chi connectivity index (χ4v) is 2.57. The normalized spacial score (nSPS) is 13.8. The Labute approximate surface area is 132 Å². The zero-order valence-electron chi connectivity index (χ0n) is 13.0. The summed E-state index contributed by atoms with van der Waals surface area (Å²) in [5, 5.41) is 4.04. The SMILES string of the molecule is CNC(C)c1cccnc1N(C)C(C)c1cccc(Cl)c1.